The van der Waals surface area contributed by atoms with E-state index in [1.807, 2.05) is 0 Å². The second kappa shape index (κ2) is 2.46. The average molecular weight is 168 g/mol. The highest BCUT2D eigenvalue weighted by atomic mass is 15.3. The number of hydrogen-bond acceptors (Lipinski definition) is 2. The molecule has 0 bridgehead atoms. The van der Waals surface area contributed by atoms with Gasteiger partial charge in [0.15, 0.2) is 0 Å². The van der Waals surface area contributed by atoms with Crippen LogP contribution >= 0.6 is 0 Å². The molecule has 0 radical (unpaired) electrons. The van der Waals surface area contributed by atoms with Crippen molar-refractivity contribution in [1.29, 1.82) is 0 Å². The van der Waals surface area contributed by atoms with Crippen LogP contribution in [-0.4, -0.2) is 30.1 Å². The molecule has 1 saturated heterocycles. The predicted octanol–water partition coefficient (Wildman–Crippen LogP) is 1.21. The second-order valence-electron chi connectivity index (χ2n) is 5.21. The Balaban J connectivity index is 1.84. The maximum atomic E-state index is 5.59. The zero-order valence-corrected chi connectivity index (χ0v) is 8.27. The van der Waals surface area contributed by atoms with E-state index in [-0.39, 0.29) is 0 Å². The molecule has 1 heterocycles. The molecule has 2 aliphatic rings. The number of rotatable bonds is 3. The first-order valence-electron chi connectivity index (χ1n) is 5.03. The normalized spacial score (nSPS) is 27.2. The van der Waals surface area contributed by atoms with Crippen molar-refractivity contribution in [2.45, 2.75) is 38.6 Å². The van der Waals surface area contributed by atoms with Crippen LogP contribution in [0.1, 0.15) is 33.1 Å². The quantitative estimate of drug-likeness (QED) is 0.686. The Morgan fingerprint density at radius 3 is 2.33 bits per heavy atom. The summed E-state index contributed by atoms with van der Waals surface area (Å²) in [6.07, 6.45) is 4.08. The molecule has 2 heteroatoms. The standard InChI is InChI=1S/C10H20N2/c1-9(2,5-6-11)12-7-10(8-12)3-4-10/h3-8,11H2,1-2H3. The molecule has 2 rings (SSSR count). The molecule has 0 amide bonds. The highest BCUT2D eigenvalue weighted by Gasteiger charge is 2.55. The highest BCUT2D eigenvalue weighted by molar-refractivity contribution is 5.08. The summed E-state index contributed by atoms with van der Waals surface area (Å²) in [5, 5.41) is 0. The van der Waals surface area contributed by atoms with Crippen LogP contribution < -0.4 is 5.73 Å². The Kier molecular flexibility index (Phi) is 1.74. The summed E-state index contributed by atoms with van der Waals surface area (Å²) in [6.45, 7) is 8.11. The van der Waals surface area contributed by atoms with Crippen molar-refractivity contribution in [3.63, 3.8) is 0 Å². The van der Waals surface area contributed by atoms with Gasteiger partial charge in [0.25, 0.3) is 0 Å². The number of nitrogens with zero attached hydrogens (tertiary/aromatic N) is 1. The van der Waals surface area contributed by atoms with Gasteiger partial charge < -0.3 is 5.73 Å². The van der Waals surface area contributed by atoms with Gasteiger partial charge >= 0.3 is 0 Å². The van der Waals surface area contributed by atoms with Crippen LogP contribution in [0, 0.1) is 5.41 Å². The van der Waals surface area contributed by atoms with Crippen LogP contribution in [-0.2, 0) is 0 Å². The Morgan fingerprint density at radius 1 is 1.33 bits per heavy atom. The van der Waals surface area contributed by atoms with Gasteiger partial charge in [0.1, 0.15) is 0 Å². The van der Waals surface area contributed by atoms with Crippen molar-refractivity contribution in [2.75, 3.05) is 19.6 Å². The van der Waals surface area contributed by atoms with Crippen LogP contribution in [0.3, 0.4) is 0 Å². The van der Waals surface area contributed by atoms with E-state index in [9.17, 15) is 0 Å². The molecular weight excluding hydrogens is 148 g/mol. The van der Waals surface area contributed by atoms with Gasteiger partial charge in [0.05, 0.1) is 0 Å². The van der Waals surface area contributed by atoms with Crippen molar-refractivity contribution in [1.82, 2.24) is 4.90 Å². The maximum absolute atomic E-state index is 5.59. The SMILES string of the molecule is CC(C)(CCN)N1CC2(CC2)C1. The van der Waals surface area contributed by atoms with E-state index in [0.717, 1.165) is 18.4 Å². The highest BCUT2D eigenvalue weighted by Crippen LogP contribution is 2.54. The third kappa shape index (κ3) is 1.27. The van der Waals surface area contributed by atoms with E-state index in [1.54, 1.807) is 0 Å². The molecular formula is C10H20N2. The Hall–Kier alpha value is -0.0800. The topological polar surface area (TPSA) is 29.3 Å². The average Bonchev–Trinajstić information content (AvgIpc) is 2.60. The molecule has 1 aliphatic heterocycles. The summed E-state index contributed by atoms with van der Waals surface area (Å²) in [5.41, 5.74) is 6.72. The molecule has 1 aliphatic carbocycles. The molecule has 2 N–H and O–H groups in total. The fourth-order valence-corrected chi connectivity index (χ4v) is 2.20. The van der Waals surface area contributed by atoms with Crippen LogP contribution in [0.15, 0.2) is 0 Å². The second-order valence-corrected chi connectivity index (χ2v) is 5.21. The molecule has 0 unspecified atom stereocenters. The third-order valence-corrected chi connectivity index (χ3v) is 3.62. The minimum atomic E-state index is 0.350. The molecule has 0 aromatic carbocycles. The summed E-state index contributed by atoms with van der Waals surface area (Å²) < 4.78 is 0. The smallest absolute Gasteiger partial charge is 0.0165 e. The third-order valence-electron chi connectivity index (χ3n) is 3.62. The molecule has 2 nitrogen and oxygen atoms in total. The van der Waals surface area contributed by atoms with Crippen LogP contribution in [0.25, 0.3) is 0 Å². The first-order chi connectivity index (χ1) is 5.58. The summed E-state index contributed by atoms with van der Waals surface area (Å²) in [6, 6.07) is 0. The van der Waals surface area contributed by atoms with Crippen molar-refractivity contribution >= 4 is 0 Å². The van der Waals surface area contributed by atoms with Crippen molar-refractivity contribution in [3.05, 3.63) is 0 Å². The molecule has 0 atom stereocenters. The molecule has 70 valence electrons. The fourth-order valence-electron chi connectivity index (χ4n) is 2.20. The lowest BCUT2D eigenvalue weighted by Gasteiger charge is -2.50. The fraction of sp³-hybridized carbons (Fsp3) is 1.00. The maximum Gasteiger partial charge on any atom is 0.0165 e. The van der Waals surface area contributed by atoms with Crippen LogP contribution in [0.2, 0.25) is 0 Å². The minimum absolute atomic E-state index is 0.350. The van der Waals surface area contributed by atoms with Gasteiger partial charge in [-0.1, -0.05) is 0 Å². The van der Waals surface area contributed by atoms with Gasteiger partial charge in [-0.2, -0.15) is 0 Å². The summed E-state index contributed by atoms with van der Waals surface area (Å²) >= 11 is 0. The van der Waals surface area contributed by atoms with Gasteiger partial charge in [0, 0.05) is 18.6 Å². The van der Waals surface area contributed by atoms with E-state index in [0.29, 0.717) is 5.54 Å². The van der Waals surface area contributed by atoms with E-state index < -0.39 is 0 Å². The zero-order chi connectivity index (χ0) is 8.82. The largest absolute Gasteiger partial charge is 0.330 e. The minimum Gasteiger partial charge on any atom is -0.330 e. The van der Waals surface area contributed by atoms with E-state index >= 15 is 0 Å². The zero-order valence-electron chi connectivity index (χ0n) is 8.27. The molecule has 1 spiro atoms. The molecule has 2 fully saturated rings. The molecule has 12 heavy (non-hydrogen) atoms. The van der Waals surface area contributed by atoms with Gasteiger partial charge in [0.2, 0.25) is 0 Å². The number of hydrogen-bond donors (Lipinski definition) is 1. The van der Waals surface area contributed by atoms with Gasteiger partial charge in [-0.05, 0) is 45.1 Å². The van der Waals surface area contributed by atoms with E-state index in [2.05, 4.69) is 18.7 Å². The van der Waals surface area contributed by atoms with Gasteiger partial charge in [-0.3, -0.25) is 4.90 Å². The lowest BCUT2D eigenvalue weighted by Crippen LogP contribution is -2.58. The summed E-state index contributed by atoms with van der Waals surface area (Å²) in [5.74, 6) is 0. The molecule has 0 aromatic heterocycles. The Morgan fingerprint density at radius 2 is 1.92 bits per heavy atom. The van der Waals surface area contributed by atoms with Crippen LogP contribution in [0.4, 0.5) is 0 Å². The van der Waals surface area contributed by atoms with Crippen LogP contribution in [0.5, 0.6) is 0 Å². The van der Waals surface area contributed by atoms with E-state index in [1.165, 1.54) is 25.9 Å². The van der Waals surface area contributed by atoms with E-state index in [4.69, 9.17) is 5.73 Å². The van der Waals surface area contributed by atoms with Crippen molar-refractivity contribution < 1.29 is 0 Å². The first-order valence-corrected chi connectivity index (χ1v) is 5.03. The van der Waals surface area contributed by atoms with Gasteiger partial charge in [-0.15, -0.1) is 0 Å². The predicted molar refractivity (Wildman–Crippen MR) is 51.0 cm³/mol. The Bertz CT molecular complexity index is 174. The number of nitrogens with two attached hydrogens (primary N) is 1. The molecule has 0 aromatic rings. The summed E-state index contributed by atoms with van der Waals surface area (Å²) in [7, 11) is 0. The lowest BCUT2D eigenvalue weighted by molar-refractivity contribution is -0.0132. The molecule has 1 saturated carbocycles. The van der Waals surface area contributed by atoms with Crippen molar-refractivity contribution in [3.8, 4) is 0 Å². The number of likely N-dealkylation sites (tertiary alicyclic amines) is 1. The summed E-state index contributed by atoms with van der Waals surface area (Å²) in [4.78, 5) is 2.59. The van der Waals surface area contributed by atoms with Gasteiger partial charge in [-0.25, -0.2) is 0 Å². The van der Waals surface area contributed by atoms with Crippen molar-refractivity contribution in [2.24, 2.45) is 11.1 Å². The monoisotopic (exact) mass is 168 g/mol. The first kappa shape index (κ1) is 8.52. The lowest BCUT2D eigenvalue weighted by atomic mass is 9.87. The Labute approximate surface area is 75.1 Å².